The van der Waals surface area contributed by atoms with Gasteiger partial charge in [-0.1, -0.05) is 26.8 Å². The van der Waals surface area contributed by atoms with Gasteiger partial charge in [0.1, 0.15) is 5.82 Å². The van der Waals surface area contributed by atoms with E-state index < -0.39 is 21.6 Å². The molecule has 0 bridgehead atoms. The number of anilines is 1. The van der Waals surface area contributed by atoms with Crippen LogP contribution in [0.15, 0.2) is 53.4 Å². The predicted molar refractivity (Wildman–Crippen MR) is 92.3 cm³/mol. The summed E-state index contributed by atoms with van der Waals surface area (Å²) in [4.78, 5) is 12.4. The molecule has 1 N–H and O–H groups in total. The van der Waals surface area contributed by atoms with E-state index in [0.29, 0.717) is 5.69 Å². The van der Waals surface area contributed by atoms with E-state index in [1.54, 1.807) is 0 Å². The fourth-order valence-electron chi connectivity index (χ4n) is 2.22. The molecular weight excluding hydrogens is 329 g/mol. The second-order valence-corrected chi connectivity index (χ2v) is 8.80. The number of hydrogen-bond donors (Lipinski definition) is 1. The van der Waals surface area contributed by atoms with Crippen molar-refractivity contribution in [2.75, 3.05) is 11.1 Å². The number of rotatable bonds is 4. The number of carbonyl (C=O) groups excluding carboxylic acids is 1. The van der Waals surface area contributed by atoms with Gasteiger partial charge in [-0.3, -0.25) is 4.79 Å². The van der Waals surface area contributed by atoms with E-state index in [-0.39, 0.29) is 21.6 Å². The van der Waals surface area contributed by atoms with Gasteiger partial charge in [-0.05, 0) is 47.9 Å². The Morgan fingerprint density at radius 2 is 1.71 bits per heavy atom. The Bertz CT molecular complexity index is 837. The Morgan fingerprint density at radius 1 is 1.08 bits per heavy atom. The summed E-state index contributed by atoms with van der Waals surface area (Å²) in [5, 5.41) is 2.61. The van der Waals surface area contributed by atoms with E-state index >= 15 is 0 Å². The van der Waals surface area contributed by atoms with Crippen molar-refractivity contribution in [3.63, 3.8) is 0 Å². The van der Waals surface area contributed by atoms with Crippen LogP contribution in [0.25, 0.3) is 0 Å². The molecule has 0 saturated heterocycles. The van der Waals surface area contributed by atoms with Crippen molar-refractivity contribution in [2.24, 2.45) is 5.41 Å². The highest BCUT2D eigenvalue weighted by molar-refractivity contribution is 7.91. The SMILES string of the molecule is CC(C)(C)CS(=O)(=O)c1cccc(C(=O)Nc2ccc(F)cc2)c1. The molecule has 0 aromatic heterocycles. The zero-order valence-electron chi connectivity index (χ0n) is 13.8. The highest BCUT2D eigenvalue weighted by Gasteiger charge is 2.24. The van der Waals surface area contributed by atoms with Gasteiger partial charge in [0.25, 0.3) is 5.91 Å². The number of nitrogens with one attached hydrogen (secondary N) is 1. The van der Waals surface area contributed by atoms with Crippen molar-refractivity contribution in [1.82, 2.24) is 0 Å². The van der Waals surface area contributed by atoms with Crippen LogP contribution in [-0.2, 0) is 9.84 Å². The molecule has 2 rings (SSSR count). The second kappa shape index (κ2) is 6.73. The van der Waals surface area contributed by atoms with Gasteiger partial charge >= 0.3 is 0 Å². The minimum Gasteiger partial charge on any atom is -0.322 e. The van der Waals surface area contributed by atoms with Gasteiger partial charge in [0.05, 0.1) is 10.6 Å². The van der Waals surface area contributed by atoms with Crippen molar-refractivity contribution in [1.29, 1.82) is 0 Å². The predicted octanol–water partition coefficient (Wildman–Crippen LogP) is 3.90. The van der Waals surface area contributed by atoms with Gasteiger partial charge in [-0.15, -0.1) is 0 Å². The van der Waals surface area contributed by atoms with Crippen molar-refractivity contribution < 1.29 is 17.6 Å². The molecule has 6 heteroatoms. The summed E-state index contributed by atoms with van der Waals surface area (Å²) < 4.78 is 37.8. The van der Waals surface area contributed by atoms with Crippen LogP contribution < -0.4 is 5.32 Å². The molecule has 4 nitrogen and oxygen atoms in total. The summed E-state index contributed by atoms with van der Waals surface area (Å²) >= 11 is 0. The first-order chi connectivity index (χ1) is 11.1. The lowest BCUT2D eigenvalue weighted by Crippen LogP contribution is -2.21. The lowest BCUT2D eigenvalue weighted by molar-refractivity contribution is 0.102. The number of amides is 1. The lowest BCUT2D eigenvalue weighted by atomic mass is 10.0. The lowest BCUT2D eigenvalue weighted by Gasteiger charge is -2.18. The van der Waals surface area contributed by atoms with Gasteiger partial charge in [-0.25, -0.2) is 12.8 Å². The van der Waals surface area contributed by atoms with Gasteiger partial charge in [0.15, 0.2) is 9.84 Å². The van der Waals surface area contributed by atoms with Gasteiger partial charge in [0.2, 0.25) is 0 Å². The quantitative estimate of drug-likeness (QED) is 0.910. The van der Waals surface area contributed by atoms with Crippen LogP contribution in [0.3, 0.4) is 0 Å². The highest BCUT2D eigenvalue weighted by Crippen LogP contribution is 2.23. The Morgan fingerprint density at radius 3 is 2.29 bits per heavy atom. The number of halogens is 1. The van der Waals surface area contributed by atoms with Crippen molar-refractivity contribution >= 4 is 21.4 Å². The summed E-state index contributed by atoms with van der Waals surface area (Å²) in [6.45, 7) is 5.53. The molecular formula is C18H20FNO3S. The number of hydrogen-bond acceptors (Lipinski definition) is 3. The molecule has 0 aliphatic carbocycles. The van der Waals surface area contributed by atoms with Crippen LogP contribution in [0, 0.1) is 11.2 Å². The van der Waals surface area contributed by atoms with Gasteiger partial charge in [-0.2, -0.15) is 0 Å². The smallest absolute Gasteiger partial charge is 0.255 e. The average molecular weight is 349 g/mol. The van der Waals surface area contributed by atoms with Crippen LogP contribution in [0.2, 0.25) is 0 Å². The minimum atomic E-state index is -3.48. The Kier molecular flexibility index (Phi) is 5.08. The van der Waals surface area contributed by atoms with E-state index in [9.17, 15) is 17.6 Å². The summed E-state index contributed by atoms with van der Waals surface area (Å²) in [7, 11) is -3.48. The molecule has 2 aromatic rings. The van der Waals surface area contributed by atoms with Crippen LogP contribution in [0.4, 0.5) is 10.1 Å². The fourth-order valence-corrected chi connectivity index (χ4v) is 4.12. The van der Waals surface area contributed by atoms with E-state index in [0.717, 1.165) is 0 Å². The molecule has 0 aliphatic heterocycles. The molecule has 24 heavy (non-hydrogen) atoms. The zero-order chi connectivity index (χ0) is 18.0. The molecule has 0 fully saturated rings. The van der Waals surface area contributed by atoms with Crippen molar-refractivity contribution in [3.8, 4) is 0 Å². The Labute approximate surface area is 141 Å². The number of carbonyl (C=O) groups is 1. The van der Waals surface area contributed by atoms with Gasteiger partial charge < -0.3 is 5.32 Å². The summed E-state index contributed by atoms with van der Waals surface area (Å²) in [5.74, 6) is -0.860. The Balaban J connectivity index is 2.23. The molecule has 0 aliphatic rings. The molecule has 0 unspecified atom stereocenters. The first kappa shape index (κ1) is 18.1. The molecule has 0 spiro atoms. The third kappa shape index (κ3) is 4.89. The maximum absolute atomic E-state index is 12.9. The van der Waals surface area contributed by atoms with E-state index in [4.69, 9.17) is 0 Å². The Hall–Kier alpha value is -2.21. The monoisotopic (exact) mass is 349 g/mol. The van der Waals surface area contributed by atoms with E-state index in [1.807, 2.05) is 20.8 Å². The molecule has 0 saturated carbocycles. The maximum Gasteiger partial charge on any atom is 0.255 e. The highest BCUT2D eigenvalue weighted by atomic mass is 32.2. The van der Waals surface area contributed by atoms with E-state index in [1.165, 1.54) is 48.5 Å². The molecule has 128 valence electrons. The molecule has 0 heterocycles. The normalized spacial score (nSPS) is 12.0. The molecule has 0 atom stereocenters. The largest absolute Gasteiger partial charge is 0.322 e. The summed E-state index contributed by atoms with van der Waals surface area (Å²) in [5.41, 5.74) is 0.282. The second-order valence-electron chi connectivity index (χ2n) is 6.81. The van der Waals surface area contributed by atoms with Crippen LogP contribution in [-0.4, -0.2) is 20.1 Å². The molecule has 1 amide bonds. The molecule has 2 aromatic carbocycles. The first-order valence-electron chi connectivity index (χ1n) is 7.47. The van der Waals surface area contributed by atoms with Crippen molar-refractivity contribution in [3.05, 3.63) is 59.9 Å². The fraction of sp³-hybridized carbons (Fsp3) is 0.278. The molecule has 0 radical (unpaired) electrons. The summed E-state index contributed by atoms with van der Waals surface area (Å²) in [6.07, 6.45) is 0. The zero-order valence-corrected chi connectivity index (χ0v) is 14.7. The van der Waals surface area contributed by atoms with Crippen LogP contribution >= 0.6 is 0 Å². The maximum atomic E-state index is 12.9. The third-order valence-electron chi connectivity index (χ3n) is 3.18. The van der Waals surface area contributed by atoms with Gasteiger partial charge in [0, 0.05) is 11.3 Å². The van der Waals surface area contributed by atoms with Crippen LogP contribution in [0.1, 0.15) is 31.1 Å². The minimum absolute atomic E-state index is 0.0109. The topological polar surface area (TPSA) is 63.2 Å². The van der Waals surface area contributed by atoms with Crippen LogP contribution in [0.5, 0.6) is 0 Å². The third-order valence-corrected chi connectivity index (χ3v) is 5.40. The van der Waals surface area contributed by atoms with Crippen molar-refractivity contribution in [2.45, 2.75) is 25.7 Å². The number of benzene rings is 2. The summed E-state index contributed by atoms with van der Waals surface area (Å²) in [6, 6.07) is 11.3. The van der Waals surface area contributed by atoms with E-state index in [2.05, 4.69) is 5.32 Å². The average Bonchev–Trinajstić information content (AvgIpc) is 2.47. The number of sulfone groups is 1. The standard InChI is InChI=1S/C18H20FNO3S/c1-18(2,3)12-24(22,23)16-6-4-5-13(11-16)17(21)20-15-9-7-14(19)8-10-15/h4-11H,12H2,1-3H3,(H,20,21). The first-order valence-corrected chi connectivity index (χ1v) is 9.12.